The fourth-order valence-electron chi connectivity index (χ4n) is 7.62. The molecule has 0 bridgehead atoms. The molecule has 4 aliphatic rings. The van der Waals surface area contributed by atoms with Crippen LogP contribution in [0, 0.1) is 34.5 Å². The van der Waals surface area contributed by atoms with E-state index in [2.05, 4.69) is 0 Å². The highest BCUT2D eigenvalue weighted by molar-refractivity contribution is 6.04. The topological polar surface area (TPSA) is 119 Å². The molecule has 8 atom stereocenters. The highest BCUT2D eigenvalue weighted by Gasteiger charge is 2.87. The summed E-state index contributed by atoms with van der Waals surface area (Å²) in [5.74, 6) is -3.74. The first kappa shape index (κ1) is 27.0. The van der Waals surface area contributed by atoms with Crippen LogP contribution in [0.1, 0.15) is 61.8 Å². The van der Waals surface area contributed by atoms with Gasteiger partial charge in [-0.2, -0.15) is 0 Å². The van der Waals surface area contributed by atoms with Crippen molar-refractivity contribution in [1.29, 1.82) is 0 Å². The fraction of sp³-hybridized carbons (Fsp3) is 0.750. The summed E-state index contributed by atoms with van der Waals surface area (Å²) in [6.07, 6.45) is 2.79. The third-order valence-electron chi connectivity index (χ3n) is 9.32. The first-order valence-corrected chi connectivity index (χ1v) is 12.7. The molecule has 8 heteroatoms. The van der Waals surface area contributed by atoms with Gasteiger partial charge < -0.3 is 24.4 Å². The number of methoxy groups -OCH3 is 1. The van der Waals surface area contributed by atoms with E-state index in [1.165, 1.54) is 14.0 Å². The minimum atomic E-state index is -1.89. The lowest BCUT2D eigenvalue weighted by molar-refractivity contribution is -0.224. The first-order valence-electron chi connectivity index (χ1n) is 12.7. The predicted octanol–water partition coefficient (Wildman–Crippen LogP) is 2.75. The van der Waals surface area contributed by atoms with Gasteiger partial charge in [0.25, 0.3) is 0 Å². The van der Waals surface area contributed by atoms with E-state index in [4.69, 9.17) is 14.2 Å². The van der Waals surface area contributed by atoms with Crippen LogP contribution in [-0.2, 0) is 28.6 Å². The minimum Gasteiger partial charge on any atom is -0.461 e. The summed E-state index contributed by atoms with van der Waals surface area (Å²) in [7, 11) is 1.53. The van der Waals surface area contributed by atoms with E-state index in [1.807, 2.05) is 26.8 Å². The first-order chi connectivity index (χ1) is 16.4. The zero-order valence-electron chi connectivity index (χ0n) is 22.8. The summed E-state index contributed by atoms with van der Waals surface area (Å²) >= 11 is 0. The van der Waals surface area contributed by atoms with Crippen LogP contribution in [-0.4, -0.2) is 64.6 Å². The van der Waals surface area contributed by atoms with Crippen molar-refractivity contribution in [3.8, 4) is 0 Å². The van der Waals surface area contributed by atoms with E-state index in [0.29, 0.717) is 11.1 Å². The van der Waals surface area contributed by atoms with Crippen molar-refractivity contribution in [2.75, 3.05) is 13.7 Å². The van der Waals surface area contributed by atoms with Crippen LogP contribution in [0.15, 0.2) is 23.3 Å². The number of hydrogen-bond acceptors (Lipinski definition) is 8. The van der Waals surface area contributed by atoms with Gasteiger partial charge in [-0.05, 0) is 38.8 Å². The van der Waals surface area contributed by atoms with E-state index in [-0.39, 0.29) is 18.9 Å². The van der Waals surface area contributed by atoms with Crippen molar-refractivity contribution in [2.24, 2.45) is 34.5 Å². The Morgan fingerprint density at radius 3 is 2.31 bits per heavy atom. The van der Waals surface area contributed by atoms with Gasteiger partial charge in [0.2, 0.25) is 0 Å². The molecule has 0 aromatic heterocycles. The molecule has 4 aliphatic carbocycles. The molecule has 8 nitrogen and oxygen atoms in total. The van der Waals surface area contributed by atoms with Gasteiger partial charge in [-0.15, -0.1) is 0 Å². The second-order valence-corrected chi connectivity index (χ2v) is 12.9. The van der Waals surface area contributed by atoms with E-state index < -0.39 is 69.2 Å². The number of ketones is 1. The van der Waals surface area contributed by atoms with Crippen molar-refractivity contribution < 1.29 is 38.8 Å². The molecule has 200 valence electrons. The maximum atomic E-state index is 13.3. The van der Waals surface area contributed by atoms with Crippen molar-refractivity contribution in [1.82, 2.24) is 0 Å². The highest BCUT2D eigenvalue weighted by Crippen LogP contribution is 2.77. The van der Waals surface area contributed by atoms with Crippen LogP contribution >= 0.6 is 0 Å². The molecule has 0 aliphatic heterocycles. The number of hydrogen-bond donors (Lipinski definition) is 2. The average Bonchev–Trinajstić information content (AvgIpc) is 3.17. The van der Waals surface area contributed by atoms with Crippen LogP contribution in [0.5, 0.6) is 0 Å². The smallest absolute Gasteiger partial charge is 0.311 e. The van der Waals surface area contributed by atoms with Gasteiger partial charge in [-0.3, -0.25) is 14.4 Å². The summed E-state index contributed by atoms with van der Waals surface area (Å²) in [4.78, 5) is 38.1. The van der Waals surface area contributed by atoms with Crippen molar-refractivity contribution >= 4 is 17.7 Å². The lowest BCUT2D eigenvalue weighted by Gasteiger charge is -2.53. The Labute approximate surface area is 213 Å². The Morgan fingerprint density at radius 1 is 1.17 bits per heavy atom. The standard InChI is InChI=1S/C28H40O8/c1-14-10-19-26(32,21(14)30)12-17(13-35-23(31)24(4,5)6)11-18-20-25(7,8)28(20,36-16(3)29)22(34-9)15(2)27(18,19)33/h10-11,15,18-20,22,32-33H,12-13H2,1-9H3/t15-,18?,19-,20?,22?,26?,27-,28?/m1/s1. The van der Waals surface area contributed by atoms with E-state index in [0.717, 1.165) is 0 Å². The van der Waals surface area contributed by atoms with Crippen LogP contribution in [0.3, 0.4) is 0 Å². The SMILES string of the molecule is COC1[C@@H](C)[C@@]2(O)C(C=C(COC(=O)C(C)(C)C)CC3(O)C(=O)C(C)=C[C@H]32)C2C(C)(C)C12OC(C)=O. The van der Waals surface area contributed by atoms with Gasteiger partial charge >= 0.3 is 11.9 Å². The molecular weight excluding hydrogens is 464 g/mol. The molecule has 4 rings (SSSR count). The number of aliphatic hydroxyl groups is 2. The van der Waals surface area contributed by atoms with Crippen LogP contribution in [0.2, 0.25) is 0 Å². The second-order valence-electron chi connectivity index (χ2n) is 12.9. The maximum Gasteiger partial charge on any atom is 0.311 e. The van der Waals surface area contributed by atoms with Crippen molar-refractivity contribution in [2.45, 2.75) is 84.7 Å². The molecule has 0 heterocycles. The van der Waals surface area contributed by atoms with Gasteiger partial charge in [0, 0.05) is 49.5 Å². The fourth-order valence-corrected chi connectivity index (χ4v) is 7.62. The molecule has 5 unspecified atom stereocenters. The molecule has 0 radical (unpaired) electrons. The summed E-state index contributed by atoms with van der Waals surface area (Å²) in [5.41, 5.74) is -4.80. The van der Waals surface area contributed by atoms with Gasteiger partial charge in [0.15, 0.2) is 5.78 Å². The Balaban J connectivity index is 1.88. The quantitative estimate of drug-likeness (QED) is 0.443. The zero-order valence-corrected chi connectivity index (χ0v) is 22.8. The van der Waals surface area contributed by atoms with Crippen LogP contribution in [0.4, 0.5) is 0 Å². The van der Waals surface area contributed by atoms with Crippen LogP contribution in [0.25, 0.3) is 0 Å². The van der Waals surface area contributed by atoms with Crippen LogP contribution < -0.4 is 0 Å². The molecule has 36 heavy (non-hydrogen) atoms. The van der Waals surface area contributed by atoms with Gasteiger partial charge in [0.1, 0.15) is 23.9 Å². The Hall–Kier alpha value is -2.03. The summed E-state index contributed by atoms with van der Waals surface area (Å²) in [6, 6.07) is 0. The molecular formula is C28H40O8. The van der Waals surface area contributed by atoms with E-state index >= 15 is 0 Å². The van der Waals surface area contributed by atoms with Gasteiger partial charge in [-0.1, -0.05) is 32.9 Å². The normalized spacial score (nSPS) is 42.8. The number of carbonyl (C=O) groups excluding carboxylic acids is 3. The number of Topliss-reactive ketones (excluding diaryl/α,β-unsaturated/α-hetero) is 1. The lowest BCUT2D eigenvalue weighted by Crippen LogP contribution is -2.65. The summed E-state index contributed by atoms with van der Waals surface area (Å²) in [6.45, 7) is 13.9. The summed E-state index contributed by atoms with van der Waals surface area (Å²) < 4.78 is 17.5. The number of carbonyl (C=O) groups is 3. The van der Waals surface area contributed by atoms with E-state index in [9.17, 15) is 24.6 Å². The second kappa shape index (κ2) is 7.98. The molecule has 2 N–H and O–H groups in total. The summed E-state index contributed by atoms with van der Waals surface area (Å²) in [5, 5.41) is 24.5. The minimum absolute atomic E-state index is 0.0708. The Bertz CT molecular complexity index is 1060. The molecule has 0 spiro atoms. The Morgan fingerprint density at radius 2 is 1.78 bits per heavy atom. The highest BCUT2D eigenvalue weighted by atomic mass is 16.6. The largest absolute Gasteiger partial charge is 0.461 e. The number of ether oxygens (including phenoxy) is 3. The number of esters is 2. The predicted molar refractivity (Wildman–Crippen MR) is 130 cm³/mol. The molecule has 2 fully saturated rings. The van der Waals surface area contributed by atoms with Gasteiger partial charge in [0.05, 0.1) is 11.0 Å². The molecule has 0 aromatic rings. The molecule has 0 saturated heterocycles. The molecule has 2 saturated carbocycles. The van der Waals surface area contributed by atoms with Crippen molar-refractivity contribution in [3.63, 3.8) is 0 Å². The monoisotopic (exact) mass is 504 g/mol. The third-order valence-corrected chi connectivity index (χ3v) is 9.32. The molecule has 0 amide bonds. The zero-order chi connectivity index (χ0) is 27.2. The van der Waals surface area contributed by atoms with E-state index in [1.54, 1.807) is 33.8 Å². The Kier molecular flexibility index (Phi) is 5.99. The van der Waals surface area contributed by atoms with Crippen molar-refractivity contribution in [3.05, 3.63) is 23.3 Å². The lowest BCUT2D eigenvalue weighted by atomic mass is 9.59. The number of fused-ring (bicyclic) bond motifs is 5. The third kappa shape index (κ3) is 3.33. The number of rotatable bonds is 4. The maximum absolute atomic E-state index is 13.3. The van der Waals surface area contributed by atoms with Gasteiger partial charge in [-0.25, -0.2) is 0 Å². The molecule has 0 aromatic carbocycles. The average molecular weight is 505 g/mol.